The van der Waals surface area contributed by atoms with Crippen molar-refractivity contribution in [2.45, 2.75) is 13.3 Å². The van der Waals surface area contributed by atoms with E-state index in [1.54, 1.807) is 53.8 Å². The fourth-order valence-corrected chi connectivity index (χ4v) is 2.70. The van der Waals surface area contributed by atoms with Crippen LogP contribution in [0.3, 0.4) is 0 Å². The molecule has 0 aliphatic rings. The van der Waals surface area contributed by atoms with Gasteiger partial charge in [0.05, 0.1) is 14.9 Å². The molecule has 3 N–H and O–H groups in total. The Bertz CT molecular complexity index is 659. The summed E-state index contributed by atoms with van der Waals surface area (Å²) in [5.74, 6) is -3.09. The van der Waals surface area contributed by atoms with Gasteiger partial charge >= 0.3 is 0 Å². The number of anilines is 3. The van der Waals surface area contributed by atoms with Crippen LogP contribution in [-0.2, 0) is 6.42 Å². The van der Waals surface area contributed by atoms with Crippen LogP contribution < -0.4 is 11.1 Å². The number of hydrogen-bond donors (Lipinski definition) is 2. The van der Waals surface area contributed by atoms with Crippen molar-refractivity contribution in [1.82, 2.24) is 0 Å². The summed E-state index contributed by atoms with van der Waals surface area (Å²) >= 11 is 1.60. The highest BCUT2D eigenvalue weighted by Crippen LogP contribution is 2.33. The predicted molar refractivity (Wildman–Crippen MR) is 82.5 cm³/mol. The molecule has 0 aromatic heterocycles. The van der Waals surface area contributed by atoms with E-state index in [1.165, 1.54) is 0 Å². The molecule has 0 radical (unpaired) electrons. The van der Waals surface area contributed by atoms with Crippen molar-refractivity contribution in [3.05, 3.63) is 50.9 Å². The molecule has 2 rings (SSSR count). The van der Waals surface area contributed by atoms with Gasteiger partial charge in [0.2, 0.25) is 0 Å². The number of nitrogen functional groups attached to an aromatic ring is 1. The zero-order valence-electron chi connectivity index (χ0n) is 10.6. The molecule has 0 aliphatic heterocycles. The predicted octanol–water partition coefficient (Wildman–Crippen LogP) is 4.60. The lowest BCUT2D eigenvalue weighted by Gasteiger charge is -2.15. The van der Waals surface area contributed by atoms with E-state index < -0.39 is 23.1 Å². The number of nitrogens with two attached hydrogens (primary N) is 1. The van der Waals surface area contributed by atoms with Gasteiger partial charge in [-0.2, -0.15) is 0 Å². The second kappa shape index (κ2) is 5.90. The summed E-state index contributed by atoms with van der Waals surface area (Å²) in [5, 5.41) is 2.53. The number of hydrogen-bond acceptors (Lipinski definition) is 2. The van der Waals surface area contributed by atoms with Crippen LogP contribution in [0.1, 0.15) is 12.5 Å². The Morgan fingerprint density at radius 3 is 2.35 bits per heavy atom. The molecule has 106 valence electrons. The minimum Gasteiger partial charge on any atom is -0.397 e. The maximum atomic E-state index is 14.3. The Morgan fingerprint density at radius 1 is 1.10 bits per heavy atom. The molecule has 0 saturated carbocycles. The van der Waals surface area contributed by atoms with Crippen molar-refractivity contribution >= 4 is 39.7 Å². The third-order valence-corrected chi connectivity index (χ3v) is 4.05. The zero-order chi connectivity index (χ0) is 14.9. The molecule has 0 atom stereocenters. The SMILES string of the molecule is CCc1c(F)c(Nc2ccccc2N)c(F)c(F)c1I. The molecule has 0 unspecified atom stereocenters. The Balaban J connectivity index is 2.58. The first-order valence-electron chi connectivity index (χ1n) is 5.93. The molecule has 6 heteroatoms. The number of halogens is 4. The van der Waals surface area contributed by atoms with E-state index in [0.717, 1.165) is 0 Å². The Morgan fingerprint density at radius 2 is 1.75 bits per heavy atom. The van der Waals surface area contributed by atoms with Crippen LogP contribution in [0.4, 0.5) is 30.2 Å². The summed E-state index contributed by atoms with van der Waals surface area (Å²) in [7, 11) is 0. The van der Waals surface area contributed by atoms with Crippen molar-refractivity contribution in [2.24, 2.45) is 0 Å². The molecule has 0 amide bonds. The van der Waals surface area contributed by atoms with Crippen LogP contribution in [-0.4, -0.2) is 0 Å². The van der Waals surface area contributed by atoms with E-state index in [1.807, 2.05) is 0 Å². The molecule has 0 aliphatic carbocycles. The van der Waals surface area contributed by atoms with Gasteiger partial charge in [0.15, 0.2) is 17.5 Å². The zero-order valence-corrected chi connectivity index (χ0v) is 12.8. The molecule has 20 heavy (non-hydrogen) atoms. The molecular formula is C14H12F3IN2. The highest BCUT2D eigenvalue weighted by molar-refractivity contribution is 14.1. The number of para-hydroxylation sites is 2. The van der Waals surface area contributed by atoms with Crippen molar-refractivity contribution in [3.8, 4) is 0 Å². The van der Waals surface area contributed by atoms with Gasteiger partial charge in [0, 0.05) is 5.56 Å². The summed E-state index contributed by atoms with van der Waals surface area (Å²) in [6.07, 6.45) is 0.264. The Labute approximate surface area is 128 Å². The van der Waals surface area contributed by atoms with Gasteiger partial charge in [0.25, 0.3) is 0 Å². The lowest BCUT2D eigenvalue weighted by atomic mass is 10.1. The first-order chi connectivity index (χ1) is 9.47. The van der Waals surface area contributed by atoms with Gasteiger partial charge in [-0.3, -0.25) is 0 Å². The van der Waals surface area contributed by atoms with Crippen LogP contribution in [0, 0.1) is 21.0 Å². The van der Waals surface area contributed by atoms with E-state index in [9.17, 15) is 13.2 Å². The van der Waals surface area contributed by atoms with Crippen LogP contribution in [0.5, 0.6) is 0 Å². The summed E-state index contributed by atoms with van der Waals surface area (Å²) in [6, 6.07) is 6.51. The Hall–Kier alpha value is -1.44. The van der Waals surface area contributed by atoms with E-state index >= 15 is 0 Å². The number of benzene rings is 2. The fourth-order valence-electron chi connectivity index (χ4n) is 1.85. The standard InChI is InChI=1S/C14H12F3IN2/c1-2-7-10(15)14(12(17)11(16)13(7)18)20-9-6-4-3-5-8(9)19/h3-6,20H,2,19H2,1H3. The normalized spacial score (nSPS) is 10.7. The summed E-state index contributed by atoms with van der Waals surface area (Å²) < 4.78 is 42.0. The smallest absolute Gasteiger partial charge is 0.186 e. The van der Waals surface area contributed by atoms with Gasteiger partial charge in [-0.05, 0) is 41.1 Å². The van der Waals surface area contributed by atoms with Crippen LogP contribution in [0.2, 0.25) is 0 Å². The maximum absolute atomic E-state index is 14.3. The van der Waals surface area contributed by atoms with Gasteiger partial charge < -0.3 is 11.1 Å². The summed E-state index contributed by atoms with van der Waals surface area (Å²) in [5.41, 5.74) is 5.98. The first-order valence-corrected chi connectivity index (χ1v) is 7.01. The third kappa shape index (κ3) is 2.56. The van der Waals surface area contributed by atoms with Gasteiger partial charge in [-0.25, -0.2) is 13.2 Å². The highest BCUT2D eigenvalue weighted by Gasteiger charge is 2.23. The molecule has 0 heterocycles. The maximum Gasteiger partial charge on any atom is 0.186 e. The molecule has 0 spiro atoms. The average Bonchev–Trinajstić information content (AvgIpc) is 2.44. The van der Waals surface area contributed by atoms with Crippen LogP contribution in [0.25, 0.3) is 0 Å². The molecule has 2 nitrogen and oxygen atoms in total. The van der Waals surface area contributed by atoms with Crippen molar-refractivity contribution < 1.29 is 13.2 Å². The van der Waals surface area contributed by atoms with E-state index in [4.69, 9.17) is 5.73 Å². The van der Waals surface area contributed by atoms with E-state index in [2.05, 4.69) is 5.32 Å². The molecule has 0 fully saturated rings. The minimum atomic E-state index is -1.24. The number of rotatable bonds is 3. The molecule has 2 aromatic carbocycles. The number of nitrogens with one attached hydrogen (secondary N) is 1. The molecule has 0 bridgehead atoms. The van der Waals surface area contributed by atoms with Gasteiger partial charge in [0.1, 0.15) is 5.69 Å². The lowest BCUT2D eigenvalue weighted by Crippen LogP contribution is -2.08. The molecule has 0 saturated heterocycles. The first kappa shape index (κ1) is 15.0. The molecule has 2 aromatic rings. The largest absolute Gasteiger partial charge is 0.397 e. The lowest BCUT2D eigenvalue weighted by molar-refractivity contribution is 0.490. The van der Waals surface area contributed by atoms with E-state index in [-0.39, 0.29) is 15.6 Å². The Kier molecular flexibility index (Phi) is 4.42. The minimum absolute atomic E-state index is 0.0355. The summed E-state index contributed by atoms with van der Waals surface area (Å²) in [4.78, 5) is 0. The van der Waals surface area contributed by atoms with E-state index in [0.29, 0.717) is 11.4 Å². The third-order valence-electron chi connectivity index (χ3n) is 2.93. The second-order valence-electron chi connectivity index (χ2n) is 4.18. The van der Waals surface area contributed by atoms with Crippen molar-refractivity contribution in [2.75, 3.05) is 11.1 Å². The van der Waals surface area contributed by atoms with Crippen molar-refractivity contribution in [3.63, 3.8) is 0 Å². The monoisotopic (exact) mass is 392 g/mol. The van der Waals surface area contributed by atoms with Gasteiger partial charge in [-0.1, -0.05) is 19.1 Å². The quantitative estimate of drug-likeness (QED) is 0.347. The molecular weight excluding hydrogens is 380 g/mol. The van der Waals surface area contributed by atoms with Crippen LogP contribution in [0.15, 0.2) is 24.3 Å². The van der Waals surface area contributed by atoms with Gasteiger partial charge in [-0.15, -0.1) is 0 Å². The van der Waals surface area contributed by atoms with Crippen molar-refractivity contribution in [1.29, 1.82) is 0 Å². The topological polar surface area (TPSA) is 38.0 Å². The average molecular weight is 392 g/mol. The second-order valence-corrected chi connectivity index (χ2v) is 5.25. The van der Waals surface area contributed by atoms with Crippen LogP contribution >= 0.6 is 22.6 Å². The summed E-state index contributed by atoms with van der Waals surface area (Å²) in [6.45, 7) is 1.68. The highest BCUT2D eigenvalue weighted by atomic mass is 127. The fraction of sp³-hybridized carbons (Fsp3) is 0.143.